The maximum Gasteiger partial charge on any atom is 0.341 e. The van der Waals surface area contributed by atoms with Crippen LogP contribution in [-0.4, -0.2) is 117 Å². The summed E-state index contributed by atoms with van der Waals surface area (Å²) in [4.78, 5) is 26.6. The maximum atomic E-state index is 12.4. The van der Waals surface area contributed by atoms with Gasteiger partial charge in [-0.05, 0) is 123 Å². The minimum atomic E-state index is -4.73. The van der Waals surface area contributed by atoms with E-state index in [4.69, 9.17) is 23.2 Å². The summed E-state index contributed by atoms with van der Waals surface area (Å²) in [6, 6.07) is 13.1. The third kappa shape index (κ3) is 13.2. The van der Waals surface area contributed by atoms with Gasteiger partial charge in [-0.1, -0.05) is 37.1 Å². The topological polar surface area (TPSA) is 293 Å². The molecule has 3 aliphatic rings. The van der Waals surface area contributed by atoms with Gasteiger partial charge in [0.1, 0.15) is 18.0 Å². The van der Waals surface area contributed by atoms with Crippen LogP contribution < -0.4 is 14.4 Å². The molecule has 2 aliphatic heterocycles. The zero-order valence-electron chi connectivity index (χ0n) is 42.1. The minimum Gasteiger partial charge on any atom is -0.481 e. The molecule has 20 nitrogen and oxygen atoms in total. The van der Waals surface area contributed by atoms with Crippen molar-refractivity contribution in [3.05, 3.63) is 106 Å². The van der Waals surface area contributed by atoms with Gasteiger partial charge in [-0.3, -0.25) is 17.8 Å². The highest BCUT2D eigenvalue weighted by molar-refractivity contribution is 8.02. The number of nitrogens with zero attached hydrogens (tertiary/aromatic N) is 2. The molecule has 4 aromatic carbocycles. The molecule has 1 atom stereocenters. The second kappa shape index (κ2) is 24.2. The number of thioether (sulfide) groups is 1. The van der Waals surface area contributed by atoms with Crippen LogP contribution in [0.5, 0.6) is 11.5 Å². The lowest BCUT2D eigenvalue weighted by Crippen LogP contribution is -2.28. The largest absolute Gasteiger partial charge is 0.481 e. The average Bonchev–Trinajstić information content (AvgIpc) is 3.83. The standard InChI is InChI=1S/C51H58N2O18S5/c1-50(2)41(52(21-6-8-23-69-74(59)60)37-17-13-33-25-35(73-71-70-58)27-39(45(33)47(37)50)67-29-43(54)55)19-15-31-11-10-12-32(49(31)72-5)16-20-42-51(3,4)48-38(53(42)22-7-9-24-75(61,62)63)18-14-34-26-36(76(64,65)66)28-40(46(34)48)68-30-44(56)57/h13-20,25-28H,6-12,21-24,29-30H2,1-5H3,(H5-,54,55,56,57,58,59,60,61,62,63,64,65,66)/p+1. The minimum absolute atomic E-state index is 0.0599. The monoisotopic (exact) mass is 1150 g/mol. The molecule has 0 fully saturated rings. The summed E-state index contributed by atoms with van der Waals surface area (Å²) in [6.07, 6.45) is 14.1. The zero-order chi connectivity index (χ0) is 55.3. The normalized spacial score (nSPS) is 17.9. The van der Waals surface area contributed by atoms with Crippen molar-refractivity contribution in [1.29, 1.82) is 0 Å². The number of unbranched alkanes of at least 4 members (excludes halogenated alkanes) is 2. The number of carbonyl (C=O) groups is 2. The summed E-state index contributed by atoms with van der Waals surface area (Å²) < 4.78 is 112. The molecule has 410 valence electrons. The summed E-state index contributed by atoms with van der Waals surface area (Å²) >= 11 is -0.100. The van der Waals surface area contributed by atoms with Crippen LogP contribution in [0.4, 0.5) is 11.4 Å². The number of carboxylic acids is 2. The molecule has 76 heavy (non-hydrogen) atoms. The zero-order valence-corrected chi connectivity index (χ0v) is 46.2. The Morgan fingerprint density at radius 1 is 0.829 bits per heavy atom. The van der Waals surface area contributed by atoms with Crippen LogP contribution in [0.1, 0.15) is 83.8 Å². The number of ether oxygens (including phenoxy) is 2. The Morgan fingerprint density at radius 3 is 2.14 bits per heavy atom. The number of rotatable bonds is 25. The summed E-state index contributed by atoms with van der Waals surface area (Å²) in [7, 11) is -8.97. The number of hydrogen-bond acceptors (Lipinski definition) is 16. The van der Waals surface area contributed by atoms with Gasteiger partial charge in [-0.25, -0.2) is 14.8 Å². The van der Waals surface area contributed by atoms with Crippen LogP contribution in [-0.2, 0) is 65.6 Å². The Balaban J connectivity index is 1.33. The molecule has 25 heteroatoms. The fraction of sp³-hybridized carbons (Fsp3) is 0.392. The lowest BCUT2D eigenvalue weighted by atomic mass is 9.78. The van der Waals surface area contributed by atoms with E-state index in [9.17, 15) is 54.5 Å². The summed E-state index contributed by atoms with van der Waals surface area (Å²) in [5.74, 6) is -2.71. The van der Waals surface area contributed by atoms with E-state index in [2.05, 4.69) is 41.7 Å². The number of hydrogen-bond donors (Lipinski definition) is 6. The average molecular weight is 1150 g/mol. The van der Waals surface area contributed by atoms with Crippen molar-refractivity contribution in [2.24, 2.45) is 0 Å². The Kier molecular flexibility index (Phi) is 18.7. The highest BCUT2D eigenvalue weighted by Gasteiger charge is 2.47. The molecule has 0 aromatic heterocycles. The van der Waals surface area contributed by atoms with E-state index in [1.807, 2.05) is 43.2 Å². The van der Waals surface area contributed by atoms with Crippen molar-refractivity contribution in [1.82, 2.24) is 0 Å². The van der Waals surface area contributed by atoms with E-state index >= 15 is 0 Å². The first-order valence-corrected chi connectivity index (χ1v) is 29.9. The molecular formula is C51H59N2O18S5+. The Morgan fingerprint density at radius 2 is 1.50 bits per heavy atom. The van der Waals surface area contributed by atoms with Crippen LogP contribution in [0.3, 0.4) is 0 Å². The number of carboxylic acid groups (broad SMARTS) is 2. The lowest BCUT2D eigenvalue weighted by Gasteiger charge is -2.28. The first-order chi connectivity index (χ1) is 35.9. The third-order valence-corrected chi connectivity index (χ3v) is 17.0. The SMILES string of the molecule is CSC1=C(/C=C/C2=[N+](CCCCOS(=O)O)c3ccc4cc(SOOO)cc(OCC(=O)O)c4c3C2(C)C)CCC/C1=C\C=C1\N(CCCCS(=O)(=O)O)c2ccc3cc(S(=O)(=O)O)cc(OCC(=O)O)c3c2C1(C)C. The van der Waals surface area contributed by atoms with Gasteiger partial charge in [0.05, 0.1) is 40.3 Å². The van der Waals surface area contributed by atoms with E-state index in [-0.39, 0.29) is 24.5 Å². The van der Waals surface area contributed by atoms with Crippen LogP contribution in [0.25, 0.3) is 21.5 Å². The molecule has 6 N–H and O–H groups in total. The van der Waals surface area contributed by atoms with Crippen LogP contribution in [0, 0.1) is 0 Å². The van der Waals surface area contributed by atoms with Crippen molar-refractivity contribution < 1.29 is 87.4 Å². The Labute approximate surface area is 451 Å². The lowest BCUT2D eigenvalue weighted by molar-refractivity contribution is -0.438. The Hall–Kier alpha value is -5.16. The number of fused-ring (bicyclic) bond motifs is 6. The van der Waals surface area contributed by atoms with Gasteiger partial charge in [0.25, 0.3) is 20.2 Å². The molecule has 0 saturated heterocycles. The third-order valence-electron chi connectivity index (χ3n) is 13.5. The molecule has 0 radical (unpaired) electrons. The van der Waals surface area contributed by atoms with Crippen LogP contribution in [0.2, 0.25) is 0 Å². The highest BCUT2D eigenvalue weighted by atomic mass is 32.2. The molecule has 0 spiro atoms. The molecule has 7 rings (SSSR count). The van der Waals surface area contributed by atoms with Gasteiger partial charge in [0.2, 0.25) is 5.69 Å². The first-order valence-electron chi connectivity index (χ1n) is 23.9. The maximum absolute atomic E-state index is 12.4. The van der Waals surface area contributed by atoms with E-state index in [0.717, 1.165) is 64.0 Å². The predicted octanol–water partition coefficient (Wildman–Crippen LogP) is 9.54. The van der Waals surface area contributed by atoms with Crippen molar-refractivity contribution in [3.63, 3.8) is 0 Å². The van der Waals surface area contributed by atoms with Gasteiger partial charge in [0, 0.05) is 68.5 Å². The van der Waals surface area contributed by atoms with Gasteiger partial charge in [-0.15, -0.1) is 16.1 Å². The van der Waals surface area contributed by atoms with Crippen molar-refractivity contribution >= 4 is 106 Å². The second-order valence-electron chi connectivity index (χ2n) is 19.2. The molecule has 1 unspecified atom stereocenters. The summed E-state index contributed by atoms with van der Waals surface area (Å²) in [5.41, 5.74) is 5.38. The smallest absolute Gasteiger partial charge is 0.341 e. The van der Waals surface area contributed by atoms with Crippen LogP contribution in [0.15, 0.2) is 104 Å². The van der Waals surface area contributed by atoms with E-state index in [1.54, 1.807) is 36.0 Å². The number of aliphatic carboxylic acids is 2. The van der Waals surface area contributed by atoms with Gasteiger partial charge in [-0.2, -0.15) is 25.6 Å². The van der Waals surface area contributed by atoms with Crippen molar-refractivity contribution in [2.75, 3.05) is 49.8 Å². The van der Waals surface area contributed by atoms with E-state index in [1.165, 1.54) is 6.07 Å². The fourth-order valence-corrected chi connectivity index (χ4v) is 13.1. The molecule has 1 aliphatic carbocycles. The molecular weight excluding hydrogens is 1090 g/mol. The van der Waals surface area contributed by atoms with Gasteiger partial charge in [0.15, 0.2) is 18.9 Å². The number of allylic oxidation sites excluding steroid dienone is 7. The van der Waals surface area contributed by atoms with Crippen LogP contribution >= 0.6 is 23.8 Å². The van der Waals surface area contributed by atoms with Crippen molar-refractivity contribution in [3.8, 4) is 11.5 Å². The van der Waals surface area contributed by atoms with Gasteiger partial charge >= 0.3 is 23.3 Å². The van der Waals surface area contributed by atoms with E-state index < -0.39 is 78.2 Å². The fourth-order valence-electron chi connectivity index (χ4n) is 10.4. The summed E-state index contributed by atoms with van der Waals surface area (Å²) in [6.45, 7) is 7.54. The molecule has 0 amide bonds. The quantitative estimate of drug-likeness (QED) is 0.00684. The second-order valence-corrected chi connectivity index (χ2v) is 24.4. The highest BCUT2D eigenvalue weighted by Crippen LogP contribution is 2.54. The Bertz CT molecular complexity index is 3360. The molecule has 2 heterocycles. The predicted molar refractivity (Wildman–Crippen MR) is 289 cm³/mol. The number of anilines is 1. The molecule has 0 bridgehead atoms. The van der Waals surface area contributed by atoms with E-state index in [0.29, 0.717) is 82.1 Å². The van der Waals surface area contributed by atoms with Gasteiger partial charge < -0.3 is 24.6 Å². The summed E-state index contributed by atoms with van der Waals surface area (Å²) in [5, 5.41) is 34.1. The molecule has 0 saturated carbocycles. The number of benzene rings is 4. The molecule has 4 aromatic rings. The van der Waals surface area contributed by atoms with Crippen molar-refractivity contribution in [2.45, 2.75) is 93.3 Å². The first kappa shape index (κ1) is 58.5.